The fourth-order valence-corrected chi connectivity index (χ4v) is 1.72. The third-order valence-electron chi connectivity index (χ3n) is 2.66. The number of hydrogen-bond donors (Lipinski definition) is 1. The zero-order valence-electron chi connectivity index (χ0n) is 9.85. The summed E-state index contributed by atoms with van der Waals surface area (Å²) in [5, 5.41) is 7.09. The van der Waals surface area contributed by atoms with Crippen molar-refractivity contribution in [1.82, 2.24) is 14.6 Å². The van der Waals surface area contributed by atoms with Crippen LogP contribution in [0.3, 0.4) is 0 Å². The summed E-state index contributed by atoms with van der Waals surface area (Å²) in [6.45, 7) is 0.472. The van der Waals surface area contributed by atoms with Crippen molar-refractivity contribution in [3.05, 3.63) is 59.8 Å². The lowest BCUT2D eigenvalue weighted by Gasteiger charge is -2.01. The van der Waals surface area contributed by atoms with Crippen molar-refractivity contribution in [3.8, 4) is 0 Å². The standard InChI is InChI=1S/C13H10F2N4/c14-10-3-1-9(2-4-10)7-16-13-17-12-6-5-11(15)8-19(12)18-13/h1-6,8H,7H2,(H,16,18). The van der Waals surface area contributed by atoms with Gasteiger partial charge >= 0.3 is 0 Å². The van der Waals surface area contributed by atoms with Crippen molar-refractivity contribution < 1.29 is 8.78 Å². The van der Waals surface area contributed by atoms with E-state index in [1.54, 1.807) is 18.2 Å². The zero-order valence-corrected chi connectivity index (χ0v) is 9.85. The second-order valence-corrected chi connectivity index (χ2v) is 4.07. The van der Waals surface area contributed by atoms with Crippen LogP contribution < -0.4 is 5.32 Å². The number of halogens is 2. The minimum absolute atomic E-state index is 0.273. The van der Waals surface area contributed by atoms with E-state index in [9.17, 15) is 8.78 Å². The molecule has 96 valence electrons. The smallest absolute Gasteiger partial charge is 0.243 e. The molecule has 19 heavy (non-hydrogen) atoms. The van der Waals surface area contributed by atoms with Crippen molar-refractivity contribution in [2.24, 2.45) is 0 Å². The zero-order chi connectivity index (χ0) is 13.2. The van der Waals surface area contributed by atoms with Crippen molar-refractivity contribution in [2.75, 3.05) is 5.32 Å². The molecule has 0 atom stereocenters. The molecule has 0 aliphatic heterocycles. The van der Waals surface area contributed by atoms with E-state index < -0.39 is 0 Å². The van der Waals surface area contributed by atoms with Gasteiger partial charge in [0.15, 0.2) is 5.65 Å². The Balaban J connectivity index is 1.76. The van der Waals surface area contributed by atoms with Crippen molar-refractivity contribution >= 4 is 11.6 Å². The highest BCUT2D eigenvalue weighted by atomic mass is 19.1. The second kappa shape index (κ2) is 4.64. The number of hydrogen-bond acceptors (Lipinski definition) is 3. The fourth-order valence-electron chi connectivity index (χ4n) is 1.72. The molecule has 2 aromatic heterocycles. The molecule has 4 nitrogen and oxygen atoms in total. The largest absolute Gasteiger partial charge is 0.349 e. The van der Waals surface area contributed by atoms with E-state index in [4.69, 9.17) is 0 Å². The van der Waals surface area contributed by atoms with Gasteiger partial charge < -0.3 is 5.32 Å². The number of anilines is 1. The van der Waals surface area contributed by atoms with Crippen LogP contribution in [0.2, 0.25) is 0 Å². The molecule has 0 spiro atoms. The minimum atomic E-state index is -0.373. The molecule has 0 aliphatic rings. The van der Waals surface area contributed by atoms with Gasteiger partial charge in [-0.3, -0.25) is 0 Å². The number of aromatic nitrogens is 3. The Morgan fingerprint density at radius 3 is 2.53 bits per heavy atom. The van der Waals surface area contributed by atoms with Gasteiger partial charge in [0.1, 0.15) is 11.6 Å². The van der Waals surface area contributed by atoms with Gasteiger partial charge in [-0.2, -0.15) is 4.98 Å². The third kappa shape index (κ3) is 2.52. The molecule has 0 bridgehead atoms. The molecule has 6 heteroatoms. The molecule has 2 heterocycles. The van der Waals surface area contributed by atoms with Gasteiger partial charge in [0.2, 0.25) is 5.95 Å². The van der Waals surface area contributed by atoms with Crippen molar-refractivity contribution in [3.63, 3.8) is 0 Å². The number of rotatable bonds is 3. The first-order chi connectivity index (χ1) is 9.20. The van der Waals surface area contributed by atoms with Crippen LogP contribution in [0.1, 0.15) is 5.56 Å². The predicted molar refractivity (Wildman–Crippen MR) is 66.7 cm³/mol. The molecule has 0 saturated carbocycles. The number of nitrogens with one attached hydrogen (secondary N) is 1. The molecule has 3 aromatic rings. The topological polar surface area (TPSA) is 42.2 Å². The van der Waals surface area contributed by atoms with E-state index in [2.05, 4.69) is 15.4 Å². The number of fused-ring (bicyclic) bond motifs is 1. The highest BCUT2D eigenvalue weighted by molar-refractivity contribution is 5.43. The minimum Gasteiger partial charge on any atom is -0.349 e. The van der Waals surface area contributed by atoms with E-state index in [-0.39, 0.29) is 11.6 Å². The average molecular weight is 260 g/mol. The predicted octanol–water partition coefficient (Wildman–Crippen LogP) is 2.62. The van der Waals surface area contributed by atoms with Gasteiger partial charge in [0.25, 0.3) is 0 Å². The van der Waals surface area contributed by atoms with Gasteiger partial charge in [0.05, 0.1) is 6.20 Å². The highest BCUT2D eigenvalue weighted by Gasteiger charge is 2.03. The van der Waals surface area contributed by atoms with E-state index in [0.29, 0.717) is 18.1 Å². The van der Waals surface area contributed by atoms with Crippen LogP contribution in [0.5, 0.6) is 0 Å². The maximum atomic E-state index is 13.0. The molecule has 0 radical (unpaired) electrons. The molecule has 0 saturated heterocycles. The lowest BCUT2D eigenvalue weighted by Crippen LogP contribution is -2.01. The summed E-state index contributed by atoms with van der Waals surface area (Å²) in [5.74, 6) is -0.248. The summed E-state index contributed by atoms with van der Waals surface area (Å²) in [7, 11) is 0. The van der Waals surface area contributed by atoms with Gasteiger partial charge in [-0.05, 0) is 29.8 Å². The number of pyridine rings is 1. The lowest BCUT2D eigenvalue weighted by atomic mass is 10.2. The Morgan fingerprint density at radius 1 is 1.00 bits per heavy atom. The fraction of sp³-hybridized carbons (Fsp3) is 0.0769. The SMILES string of the molecule is Fc1ccc(CNc2nc3ccc(F)cn3n2)cc1. The van der Waals surface area contributed by atoms with Crippen LogP contribution in [0, 0.1) is 11.6 Å². The van der Waals surface area contributed by atoms with Gasteiger partial charge in [0, 0.05) is 6.54 Å². The molecule has 0 fully saturated rings. The molecule has 0 amide bonds. The maximum Gasteiger partial charge on any atom is 0.243 e. The van der Waals surface area contributed by atoms with Gasteiger partial charge in [-0.1, -0.05) is 12.1 Å². The maximum absolute atomic E-state index is 13.0. The Morgan fingerprint density at radius 2 is 1.74 bits per heavy atom. The Labute approximate surface area is 107 Å². The summed E-state index contributed by atoms with van der Waals surface area (Å²) in [6, 6.07) is 9.02. The Hall–Kier alpha value is -2.50. The number of nitrogens with zero attached hydrogens (tertiary/aromatic N) is 3. The van der Waals surface area contributed by atoms with Crippen LogP contribution in [0.15, 0.2) is 42.6 Å². The Kier molecular flexibility index (Phi) is 2.83. The summed E-state index contributed by atoms with van der Waals surface area (Å²) >= 11 is 0. The summed E-state index contributed by atoms with van der Waals surface area (Å²) in [4.78, 5) is 4.19. The molecule has 1 aromatic carbocycles. The normalized spacial score (nSPS) is 10.8. The van der Waals surface area contributed by atoms with Crippen LogP contribution in [0.25, 0.3) is 5.65 Å². The molecule has 3 rings (SSSR count). The van der Waals surface area contributed by atoms with Gasteiger partial charge in [-0.25, -0.2) is 13.3 Å². The lowest BCUT2D eigenvalue weighted by molar-refractivity contribution is 0.615. The number of benzene rings is 1. The summed E-state index contributed by atoms with van der Waals surface area (Å²) < 4.78 is 27.1. The third-order valence-corrected chi connectivity index (χ3v) is 2.66. The highest BCUT2D eigenvalue weighted by Crippen LogP contribution is 2.09. The molecule has 1 N–H and O–H groups in total. The van der Waals surface area contributed by atoms with Crippen molar-refractivity contribution in [1.29, 1.82) is 0 Å². The molecular formula is C13H10F2N4. The van der Waals surface area contributed by atoms with E-state index >= 15 is 0 Å². The summed E-state index contributed by atoms with van der Waals surface area (Å²) in [6.07, 6.45) is 1.26. The van der Waals surface area contributed by atoms with Crippen LogP contribution in [-0.4, -0.2) is 14.6 Å². The Bertz CT molecular complexity index is 706. The second-order valence-electron chi connectivity index (χ2n) is 4.07. The van der Waals surface area contributed by atoms with E-state index in [1.807, 2.05) is 0 Å². The van der Waals surface area contributed by atoms with Crippen LogP contribution >= 0.6 is 0 Å². The first kappa shape index (κ1) is 11.6. The van der Waals surface area contributed by atoms with Crippen molar-refractivity contribution in [2.45, 2.75) is 6.54 Å². The monoisotopic (exact) mass is 260 g/mol. The molecule has 0 aliphatic carbocycles. The van der Waals surface area contributed by atoms with Gasteiger partial charge in [-0.15, -0.1) is 5.10 Å². The van der Waals surface area contributed by atoms with E-state index in [0.717, 1.165) is 5.56 Å². The summed E-state index contributed by atoms with van der Waals surface area (Å²) in [5.41, 5.74) is 1.47. The van der Waals surface area contributed by atoms with E-state index in [1.165, 1.54) is 28.9 Å². The first-order valence-corrected chi connectivity index (χ1v) is 5.71. The molecular weight excluding hydrogens is 250 g/mol. The van der Waals surface area contributed by atoms with Crippen LogP contribution in [-0.2, 0) is 6.54 Å². The van der Waals surface area contributed by atoms with Crippen LogP contribution in [0.4, 0.5) is 14.7 Å². The average Bonchev–Trinajstić information content (AvgIpc) is 2.80. The quantitative estimate of drug-likeness (QED) is 0.787. The first-order valence-electron chi connectivity index (χ1n) is 5.71. The molecule has 0 unspecified atom stereocenters.